The molecule has 0 heterocycles. The molecule has 10 heteroatoms. The molecule has 0 aliphatic carbocycles. The van der Waals surface area contributed by atoms with Crippen LogP contribution in [0.25, 0.3) is 0 Å². The average Bonchev–Trinajstić information content (AvgIpc) is 2.42. The molecule has 1 atom stereocenters. The van der Waals surface area contributed by atoms with Gasteiger partial charge in [0.05, 0.1) is 22.9 Å². The molecule has 1 N–H and O–H groups in total. The lowest BCUT2D eigenvalue weighted by Gasteiger charge is -2.12. The minimum Gasteiger partial charge on any atom is -0.469 e. The van der Waals surface area contributed by atoms with Gasteiger partial charge in [0.15, 0.2) is 9.84 Å². The van der Waals surface area contributed by atoms with Gasteiger partial charge in [-0.3, -0.25) is 4.79 Å². The number of esters is 1. The van der Waals surface area contributed by atoms with Crippen LogP contribution in [0.2, 0.25) is 5.02 Å². The quantitative estimate of drug-likeness (QED) is 0.744. The fourth-order valence-electron chi connectivity index (χ4n) is 1.52. The van der Waals surface area contributed by atoms with E-state index in [4.69, 9.17) is 11.6 Å². The molecule has 0 spiro atoms. The summed E-state index contributed by atoms with van der Waals surface area (Å²) in [7, 11) is -6.45. The van der Waals surface area contributed by atoms with E-state index in [1.807, 2.05) is 0 Å². The molecular weight excluding hydrogens is 354 g/mol. The van der Waals surface area contributed by atoms with Crippen molar-refractivity contribution in [1.29, 1.82) is 0 Å². The highest BCUT2D eigenvalue weighted by atomic mass is 35.5. The Morgan fingerprint density at radius 3 is 2.41 bits per heavy atom. The molecule has 124 valence electrons. The zero-order valence-corrected chi connectivity index (χ0v) is 14.5. The highest BCUT2D eigenvalue weighted by molar-refractivity contribution is 7.91. The molecule has 1 aromatic carbocycles. The van der Waals surface area contributed by atoms with E-state index in [9.17, 15) is 21.6 Å². The number of sulfone groups is 1. The molecule has 22 heavy (non-hydrogen) atoms. The van der Waals surface area contributed by atoms with E-state index in [0.29, 0.717) is 0 Å². The van der Waals surface area contributed by atoms with E-state index in [1.165, 1.54) is 26.2 Å². The monoisotopic (exact) mass is 369 g/mol. The second-order valence-corrected chi connectivity index (χ2v) is 8.80. The van der Waals surface area contributed by atoms with Gasteiger partial charge in [-0.1, -0.05) is 18.5 Å². The summed E-state index contributed by atoms with van der Waals surface area (Å²) in [4.78, 5) is 10.7. The lowest BCUT2D eigenvalue weighted by Crippen LogP contribution is -2.32. The molecule has 0 saturated carbocycles. The summed E-state index contributed by atoms with van der Waals surface area (Å²) < 4.78 is 54.1. The summed E-state index contributed by atoms with van der Waals surface area (Å²) in [6.45, 7) is 1.29. The van der Waals surface area contributed by atoms with Crippen LogP contribution in [0.15, 0.2) is 28.0 Å². The van der Waals surface area contributed by atoms with Crippen molar-refractivity contribution in [2.45, 2.75) is 16.7 Å². The van der Waals surface area contributed by atoms with E-state index < -0.39 is 31.7 Å². The number of halogens is 1. The van der Waals surface area contributed by atoms with Crippen molar-refractivity contribution < 1.29 is 26.4 Å². The molecule has 1 rings (SSSR count). The number of carbonyl (C=O) groups is 1. The Balaban J connectivity index is 3.10. The van der Waals surface area contributed by atoms with E-state index in [2.05, 4.69) is 9.46 Å². The summed E-state index contributed by atoms with van der Waals surface area (Å²) in [5, 5.41) is -0.120. The van der Waals surface area contributed by atoms with Crippen LogP contribution in [0.3, 0.4) is 0 Å². The standard InChI is InChI=1S/C12H16ClNO6S2/c1-8(12(15)20-2)7-14-22(18,19)11-6-9(21(3,16)17)4-5-10(11)13/h4-6,8,14H,7H2,1-3H3. The second-order valence-electron chi connectivity index (χ2n) is 4.64. The van der Waals surface area contributed by atoms with Gasteiger partial charge in [-0.2, -0.15) is 0 Å². The Hall–Kier alpha value is -1.16. The first-order chi connectivity index (χ1) is 9.99. The van der Waals surface area contributed by atoms with Gasteiger partial charge in [0.2, 0.25) is 10.0 Å². The van der Waals surface area contributed by atoms with Gasteiger partial charge in [-0.15, -0.1) is 0 Å². The molecule has 7 nitrogen and oxygen atoms in total. The van der Waals surface area contributed by atoms with Crippen LogP contribution in [0.1, 0.15) is 6.92 Å². The summed E-state index contributed by atoms with van der Waals surface area (Å²) >= 11 is 5.83. The lowest BCUT2D eigenvalue weighted by molar-refractivity contribution is -0.144. The predicted molar refractivity (Wildman–Crippen MR) is 80.9 cm³/mol. The van der Waals surface area contributed by atoms with Crippen LogP contribution in [-0.2, 0) is 29.4 Å². The van der Waals surface area contributed by atoms with Gasteiger partial charge < -0.3 is 4.74 Å². The van der Waals surface area contributed by atoms with Crippen LogP contribution in [0.4, 0.5) is 0 Å². The predicted octanol–water partition coefficient (Wildman–Crippen LogP) is 0.831. The van der Waals surface area contributed by atoms with E-state index >= 15 is 0 Å². The molecule has 0 radical (unpaired) electrons. The first-order valence-electron chi connectivity index (χ1n) is 6.06. The maximum atomic E-state index is 12.2. The zero-order valence-electron chi connectivity index (χ0n) is 12.2. The summed E-state index contributed by atoms with van der Waals surface area (Å²) in [5.74, 6) is -1.27. The van der Waals surface area contributed by atoms with Crippen molar-refractivity contribution in [2.24, 2.45) is 5.92 Å². The van der Waals surface area contributed by atoms with Gasteiger partial charge in [0, 0.05) is 12.8 Å². The molecule has 0 saturated heterocycles. The van der Waals surface area contributed by atoms with Gasteiger partial charge in [-0.25, -0.2) is 21.6 Å². The third-order valence-corrected chi connectivity index (χ3v) is 5.82. The normalized spacial score (nSPS) is 13.6. The smallest absolute Gasteiger partial charge is 0.309 e. The molecule has 0 fully saturated rings. The highest BCUT2D eigenvalue weighted by Crippen LogP contribution is 2.24. The van der Waals surface area contributed by atoms with Gasteiger partial charge in [-0.05, 0) is 18.2 Å². The number of sulfonamides is 1. The number of benzene rings is 1. The Kier molecular flexibility index (Phi) is 5.96. The van der Waals surface area contributed by atoms with Gasteiger partial charge >= 0.3 is 5.97 Å². The van der Waals surface area contributed by atoms with Crippen LogP contribution < -0.4 is 4.72 Å². The molecule has 0 aliphatic rings. The van der Waals surface area contributed by atoms with E-state index in [-0.39, 0.29) is 21.4 Å². The van der Waals surface area contributed by atoms with Crippen LogP contribution in [0, 0.1) is 5.92 Å². The highest BCUT2D eigenvalue weighted by Gasteiger charge is 2.23. The average molecular weight is 370 g/mol. The van der Waals surface area contributed by atoms with Crippen LogP contribution in [0.5, 0.6) is 0 Å². The Morgan fingerprint density at radius 2 is 1.91 bits per heavy atom. The van der Waals surface area contributed by atoms with Crippen molar-refractivity contribution in [3.8, 4) is 0 Å². The molecule has 0 aromatic heterocycles. The topological polar surface area (TPSA) is 107 Å². The number of hydrogen-bond donors (Lipinski definition) is 1. The lowest BCUT2D eigenvalue weighted by atomic mass is 10.2. The number of ether oxygens (including phenoxy) is 1. The van der Waals surface area contributed by atoms with Crippen LogP contribution >= 0.6 is 11.6 Å². The number of nitrogens with one attached hydrogen (secondary N) is 1. The zero-order chi connectivity index (χ0) is 17.1. The third-order valence-electron chi connectivity index (χ3n) is 2.80. The van der Waals surface area contributed by atoms with Crippen molar-refractivity contribution >= 4 is 37.4 Å². The largest absolute Gasteiger partial charge is 0.469 e. The minimum atomic E-state index is -4.06. The number of methoxy groups -OCH3 is 1. The number of rotatable bonds is 6. The van der Waals surface area contributed by atoms with Crippen molar-refractivity contribution in [1.82, 2.24) is 4.72 Å². The molecule has 1 aromatic rings. The Labute approximate surface area is 134 Å². The second kappa shape index (κ2) is 6.95. The molecule has 1 unspecified atom stereocenters. The van der Waals surface area contributed by atoms with Gasteiger partial charge in [0.1, 0.15) is 4.90 Å². The Morgan fingerprint density at radius 1 is 1.32 bits per heavy atom. The maximum absolute atomic E-state index is 12.2. The summed E-state index contributed by atoms with van der Waals surface area (Å²) in [5.41, 5.74) is 0. The summed E-state index contributed by atoms with van der Waals surface area (Å²) in [6, 6.07) is 3.38. The SMILES string of the molecule is COC(=O)C(C)CNS(=O)(=O)c1cc(S(C)(=O)=O)ccc1Cl. The maximum Gasteiger partial charge on any atom is 0.309 e. The minimum absolute atomic E-state index is 0.120. The fraction of sp³-hybridized carbons (Fsp3) is 0.417. The van der Waals surface area contributed by atoms with Crippen LogP contribution in [-0.4, -0.2) is 42.7 Å². The molecular formula is C12H16ClNO6S2. The third kappa shape index (κ3) is 4.67. The van der Waals surface area contributed by atoms with Crippen molar-refractivity contribution in [3.05, 3.63) is 23.2 Å². The summed E-state index contributed by atoms with van der Waals surface area (Å²) in [6.07, 6.45) is 0.958. The van der Waals surface area contributed by atoms with Crippen molar-refractivity contribution in [3.63, 3.8) is 0 Å². The fourth-order valence-corrected chi connectivity index (χ4v) is 3.89. The van der Waals surface area contributed by atoms with Gasteiger partial charge in [0.25, 0.3) is 0 Å². The number of carbonyl (C=O) groups excluding carboxylic acids is 1. The van der Waals surface area contributed by atoms with E-state index in [0.717, 1.165) is 12.3 Å². The molecule has 0 bridgehead atoms. The molecule has 0 aliphatic heterocycles. The van der Waals surface area contributed by atoms with Crippen molar-refractivity contribution in [2.75, 3.05) is 19.9 Å². The first-order valence-corrected chi connectivity index (χ1v) is 9.81. The first kappa shape index (κ1) is 18.9. The van der Waals surface area contributed by atoms with E-state index in [1.54, 1.807) is 0 Å². The molecule has 0 amide bonds. The Bertz CT molecular complexity index is 773. The number of hydrogen-bond acceptors (Lipinski definition) is 6.